The third-order valence-electron chi connectivity index (χ3n) is 9.71. The van der Waals surface area contributed by atoms with E-state index in [1.165, 1.54) is 19.2 Å². The van der Waals surface area contributed by atoms with Crippen molar-refractivity contribution in [1.82, 2.24) is 0 Å². The fraction of sp³-hybridized carbons (Fsp3) is 0.545. The zero-order valence-corrected chi connectivity index (χ0v) is 37.1. The Morgan fingerprint density at radius 3 is 1.45 bits per heavy atom. The maximum atomic E-state index is 12.4. The molecule has 1 aliphatic heterocycles. The normalized spacial score (nSPS) is 19.9. The molecule has 3 rings (SSSR count). The smallest absolute Gasteiger partial charge is 0.303 e. The second-order valence-corrected chi connectivity index (χ2v) is 14.9. The van der Waals surface area contributed by atoms with Gasteiger partial charge in [-0.15, -0.1) is 0 Å². The molecule has 20 heteroatoms. The number of carbonyl (C=O) groups excluding carboxylic acids is 8. The van der Waals surface area contributed by atoms with Gasteiger partial charge in [-0.3, -0.25) is 38.4 Å². The molecular formula is C44H56O20. The van der Waals surface area contributed by atoms with Crippen LogP contribution in [0.1, 0.15) is 79.4 Å². The van der Waals surface area contributed by atoms with E-state index in [4.69, 9.17) is 47.4 Å². The molecule has 0 aliphatic carbocycles. The van der Waals surface area contributed by atoms with Crippen LogP contribution in [0.25, 0.3) is 11.1 Å². The first-order chi connectivity index (χ1) is 30.1. The van der Waals surface area contributed by atoms with E-state index in [9.17, 15) is 48.6 Å². The Labute approximate surface area is 369 Å². The predicted octanol–water partition coefficient (Wildman–Crippen LogP) is 3.13. The summed E-state index contributed by atoms with van der Waals surface area (Å²) in [4.78, 5) is 97.1. The number of carbonyl (C=O) groups is 8. The van der Waals surface area contributed by atoms with Crippen LogP contribution in [-0.4, -0.2) is 133 Å². The summed E-state index contributed by atoms with van der Waals surface area (Å²) in [6, 6.07) is 9.45. The number of ether oxygens (including phenoxy) is 10. The molecule has 0 unspecified atom stereocenters. The average molecular weight is 905 g/mol. The summed E-state index contributed by atoms with van der Waals surface area (Å²) in [6.07, 6.45) is -11.4. The number of phenols is 2. The lowest BCUT2D eigenvalue weighted by atomic mass is 9.90. The van der Waals surface area contributed by atoms with Crippen LogP contribution in [0.15, 0.2) is 36.4 Å². The number of rotatable bonds is 21. The molecule has 2 N–H and O–H groups in total. The molecule has 9 atom stereocenters. The average Bonchev–Trinajstić information content (AvgIpc) is 3.18. The minimum Gasteiger partial charge on any atom is -0.508 e. The lowest BCUT2D eigenvalue weighted by molar-refractivity contribution is -0.253. The molecule has 2 aromatic rings. The third kappa shape index (κ3) is 16.1. The number of esters is 8. The van der Waals surface area contributed by atoms with Crippen molar-refractivity contribution in [1.29, 1.82) is 0 Å². The SMILES string of the molecule is CO[C@H](COC(C)=O)[C@@H](OC(C)=O)[C@H](OC(C)=O)[C@@H](CCc1cc(-c2ccc(O)c(CC[C@@H]3O[C@H](COC(C)=O)[C@@H](OC(C)=O)[C@H](OC(C)=O)[C@@H]3OC(C)=O)c2)ccc1O)OC(C)=O. The largest absolute Gasteiger partial charge is 0.508 e. The first-order valence-electron chi connectivity index (χ1n) is 20.2. The number of hydrogen-bond donors (Lipinski definition) is 2. The van der Waals surface area contributed by atoms with E-state index in [2.05, 4.69) is 0 Å². The molecule has 0 amide bonds. The number of aromatic hydroxyl groups is 2. The van der Waals surface area contributed by atoms with Gasteiger partial charge in [0, 0.05) is 62.5 Å². The van der Waals surface area contributed by atoms with Crippen LogP contribution in [0, 0.1) is 0 Å². The molecule has 20 nitrogen and oxygen atoms in total. The second kappa shape index (κ2) is 24.5. The summed E-state index contributed by atoms with van der Waals surface area (Å²) in [5.74, 6) is -6.27. The van der Waals surface area contributed by atoms with Gasteiger partial charge in [-0.1, -0.05) is 12.1 Å². The highest BCUT2D eigenvalue weighted by Crippen LogP contribution is 2.35. The van der Waals surface area contributed by atoms with Gasteiger partial charge in [0.15, 0.2) is 30.5 Å². The Morgan fingerprint density at radius 2 is 1.00 bits per heavy atom. The lowest BCUT2D eigenvalue weighted by Gasteiger charge is -2.44. The van der Waals surface area contributed by atoms with Gasteiger partial charge in [0.25, 0.3) is 0 Å². The van der Waals surface area contributed by atoms with E-state index in [-0.39, 0.29) is 37.2 Å². The Kier molecular flexibility index (Phi) is 20.0. The quantitative estimate of drug-likeness (QED) is 0.135. The minimum absolute atomic E-state index is 0.0115. The van der Waals surface area contributed by atoms with Crippen molar-refractivity contribution in [3.8, 4) is 22.6 Å². The first-order valence-corrected chi connectivity index (χ1v) is 20.2. The molecule has 0 saturated carbocycles. The Hall–Kier alpha value is -6.28. The van der Waals surface area contributed by atoms with Gasteiger partial charge >= 0.3 is 47.8 Å². The fourth-order valence-corrected chi connectivity index (χ4v) is 7.17. The molecule has 64 heavy (non-hydrogen) atoms. The number of aryl methyl sites for hydroxylation is 2. The molecule has 0 radical (unpaired) electrons. The Morgan fingerprint density at radius 1 is 0.547 bits per heavy atom. The van der Waals surface area contributed by atoms with Crippen molar-refractivity contribution in [2.45, 2.75) is 136 Å². The van der Waals surface area contributed by atoms with Gasteiger partial charge < -0.3 is 57.6 Å². The number of phenolic OH excluding ortho intramolecular Hbond substituents is 2. The molecule has 2 aromatic carbocycles. The van der Waals surface area contributed by atoms with Gasteiger partial charge in [0.2, 0.25) is 0 Å². The second-order valence-electron chi connectivity index (χ2n) is 14.9. The Bertz CT molecular complexity index is 1990. The summed E-state index contributed by atoms with van der Waals surface area (Å²) >= 11 is 0. The zero-order chi connectivity index (χ0) is 47.8. The van der Waals surface area contributed by atoms with Crippen molar-refractivity contribution in [2.24, 2.45) is 0 Å². The van der Waals surface area contributed by atoms with Crippen LogP contribution in [0.3, 0.4) is 0 Å². The highest BCUT2D eigenvalue weighted by Gasteiger charge is 2.52. The summed E-state index contributed by atoms with van der Waals surface area (Å²) in [5, 5.41) is 22.0. The van der Waals surface area contributed by atoms with Crippen LogP contribution in [0.2, 0.25) is 0 Å². The highest BCUT2D eigenvalue weighted by molar-refractivity contribution is 5.71. The van der Waals surface area contributed by atoms with Crippen LogP contribution >= 0.6 is 0 Å². The monoisotopic (exact) mass is 904 g/mol. The number of benzene rings is 2. The van der Waals surface area contributed by atoms with Crippen LogP contribution < -0.4 is 0 Å². The molecule has 352 valence electrons. The standard InChI is InChI=1S/C44H56O20/c1-22(45)56-20-38(55-9)42(61-27(6)50)40(59-25(4)48)36(58-24(3)47)16-12-32-18-30(10-14-34(32)53)31-11-15-35(54)33(19-31)13-17-37-41(60-26(5)49)44(63-29(8)52)43(62-28(7)51)39(64-37)21-57-23(2)46/h10-11,14-15,18-19,36-44,53-54H,12-13,16-17,20-21H2,1-9H3/t36-,37+,38-,39-,40-,41-,42-,43-,44-/m1/s1. The maximum absolute atomic E-state index is 12.4. The highest BCUT2D eigenvalue weighted by atomic mass is 16.7. The van der Waals surface area contributed by atoms with Gasteiger partial charge in [-0.05, 0) is 72.2 Å². The summed E-state index contributed by atoms with van der Waals surface area (Å²) in [6.45, 7) is 8.21. The summed E-state index contributed by atoms with van der Waals surface area (Å²) in [7, 11) is 1.25. The van der Waals surface area contributed by atoms with Crippen LogP contribution in [0.4, 0.5) is 0 Å². The van der Waals surface area contributed by atoms with Gasteiger partial charge in [-0.2, -0.15) is 0 Å². The van der Waals surface area contributed by atoms with Crippen molar-refractivity contribution in [3.63, 3.8) is 0 Å². The summed E-state index contributed by atoms with van der Waals surface area (Å²) < 4.78 is 55.1. The molecule has 1 aliphatic rings. The van der Waals surface area contributed by atoms with Crippen molar-refractivity contribution >= 4 is 47.8 Å². The topological polar surface area (TPSA) is 269 Å². The number of methoxy groups -OCH3 is 1. The molecule has 1 fully saturated rings. The van der Waals surface area contributed by atoms with E-state index in [1.54, 1.807) is 24.3 Å². The van der Waals surface area contributed by atoms with Crippen molar-refractivity contribution in [3.05, 3.63) is 47.5 Å². The first kappa shape index (κ1) is 52.1. The third-order valence-corrected chi connectivity index (χ3v) is 9.71. The van der Waals surface area contributed by atoms with E-state index >= 15 is 0 Å². The van der Waals surface area contributed by atoms with Crippen molar-refractivity contribution < 1.29 is 95.9 Å². The van der Waals surface area contributed by atoms with Crippen molar-refractivity contribution in [2.75, 3.05) is 20.3 Å². The van der Waals surface area contributed by atoms with E-state index in [1.807, 2.05) is 0 Å². The molecule has 1 heterocycles. The molecule has 0 spiro atoms. The van der Waals surface area contributed by atoms with E-state index < -0.39 is 116 Å². The summed E-state index contributed by atoms with van der Waals surface area (Å²) in [5.41, 5.74) is 1.90. The molecular weight excluding hydrogens is 848 g/mol. The Balaban J connectivity index is 1.98. The maximum Gasteiger partial charge on any atom is 0.303 e. The molecule has 0 bridgehead atoms. The van der Waals surface area contributed by atoms with Crippen LogP contribution in [-0.2, 0) is 98.6 Å². The van der Waals surface area contributed by atoms with Gasteiger partial charge in [0.05, 0.1) is 6.10 Å². The lowest BCUT2D eigenvalue weighted by Crippen LogP contribution is -2.62. The minimum atomic E-state index is -1.46. The fourth-order valence-electron chi connectivity index (χ4n) is 7.17. The molecule has 1 saturated heterocycles. The van der Waals surface area contributed by atoms with Crippen LogP contribution in [0.5, 0.6) is 11.5 Å². The number of hydrogen-bond acceptors (Lipinski definition) is 20. The predicted molar refractivity (Wildman–Crippen MR) is 218 cm³/mol. The van der Waals surface area contributed by atoms with Gasteiger partial charge in [-0.25, -0.2) is 0 Å². The van der Waals surface area contributed by atoms with Gasteiger partial charge in [0.1, 0.15) is 43.0 Å². The van der Waals surface area contributed by atoms with E-state index in [0.29, 0.717) is 22.3 Å². The molecule has 0 aromatic heterocycles. The zero-order valence-electron chi connectivity index (χ0n) is 37.1. The van der Waals surface area contributed by atoms with E-state index in [0.717, 1.165) is 55.4 Å².